The largest absolute Gasteiger partial charge is 0.341 e. The SMILES string of the molecule is C[C@@H](NC(=O)C(=O)Nc1cnc2ccccc2c1)c1ccc2ccccc2c1. The van der Waals surface area contributed by atoms with Crippen LogP contribution in [0.25, 0.3) is 21.7 Å². The minimum absolute atomic E-state index is 0.294. The lowest BCUT2D eigenvalue weighted by Crippen LogP contribution is -2.36. The third-order valence-corrected chi connectivity index (χ3v) is 4.68. The molecule has 0 bridgehead atoms. The van der Waals surface area contributed by atoms with Crippen molar-refractivity contribution in [2.24, 2.45) is 0 Å². The molecule has 0 radical (unpaired) electrons. The van der Waals surface area contributed by atoms with Crippen molar-refractivity contribution >= 4 is 39.2 Å². The van der Waals surface area contributed by atoms with Crippen LogP contribution in [0.5, 0.6) is 0 Å². The molecule has 4 rings (SSSR count). The first-order chi connectivity index (χ1) is 13.6. The van der Waals surface area contributed by atoms with Gasteiger partial charge in [-0.25, -0.2) is 0 Å². The summed E-state index contributed by atoms with van der Waals surface area (Å²) in [5.41, 5.74) is 2.25. The Labute approximate surface area is 162 Å². The van der Waals surface area contributed by atoms with Crippen LogP contribution in [-0.2, 0) is 9.59 Å². The zero-order valence-electron chi connectivity index (χ0n) is 15.3. The van der Waals surface area contributed by atoms with Crippen LogP contribution in [0.2, 0.25) is 0 Å². The molecule has 0 fully saturated rings. The quantitative estimate of drug-likeness (QED) is 0.532. The number of aromatic nitrogens is 1. The molecule has 0 aliphatic rings. The number of hydrogen-bond donors (Lipinski definition) is 2. The van der Waals surface area contributed by atoms with Crippen molar-refractivity contribution in [3.8, 4) is 0 Å². The van der Waals surface area contributed by atoms with Gasteiger partial charge in [-0.05, 0) is 41.5 Å². The number of nitrogens with zero attached hydrogens (tertiary/aromatic N) is 1. The van der Waals surface area contributed by atoms with Crippen molar-refractivity contribution in [1.82, 2.24) is 10.3 Å². The summed E-state index contributed by atoms with van der Waals surface area (Å²) in [6.07, 6.45) is 1.54. The van der Waals surface area contributed by atoms with E-state index in [1.54, 1.807) is 12.3 Å². The Morgan fingerprint density at radius 3 is 2.36 bits per heavy atom. The van der Waals surface area contributed by atoms with E-state index < -0.39 is 11.8 Å². The maximum atomic E-state index is 12.3. The zero-order chi connectivity index (χ0) is 19.5. The van der Waals surface area contributed by atoms with E-state index in [0.717, 1.165) is 27.2 Å². The number of fused-ring (bicyclic) bond motifs is 2. The third-order valence-electron chi connectivity index (χ3n) is 4.68. The van der Waals surface area contributed by atoms with E-state index in [0.29, 0.717) is 5.69 Å². The van der Waals surface area contributed by atoms with Crippen molar-refractivity contribution in [2.45, 2.75) is 13.0 Å². The van der Waals surface area contributed by atoms with Gasteiger partial charge in [0.1, 0.15) is 0 Å². The molecule has 2 N–H and O–H groups in total. The maximum Gasteiger partial charge on any atom is 0.313 e. The fourth-order valence-electron chi connectivity index (χ4n) is 3.15. The van der Waals surface area contributed by atoms with Gasteiger partial charge in [0.25, 0.3) is 0 Å². The minimum Gasteiger partial charge on any atom is -0.341 e. The molecule has 138 valence electrons. The van der Waals surface area contributed by atoms with Gasteiger partial charge in [0, 0.05) is 5.39 Å². The predicted molar refractivity (Wildman–Crippen MR) is 111 cm³/mol. The second kappa shape index (κ2) is 7.48. The normalized spacial score (nSPS) is 11.9. The van der Waals surface area contributed by atoms with E-state index in [-0.39, 0.29) is 6.04 Å². The number of carbonyl (C=O) groups excluding carboxylic acids is 2. The topological polar surface area (TPSA) is 71.1 Å². The molecule has 4 aromatic rings. The highest BCUT2D eigenvalue weighted by atomic mass is 16.2. The highest BCUT2D eigenvalue weighted by Crippen LogP contribution is 2.20. The summed E-state index contributed by atoms with van der Waals surface area (Å²) < 4.78 is 0. The average Bonchev–Trinajstić information content (AvgIpc) is 2.73. The standard InChI is InChI=1S/C23H19N3O2/c1-15(17-11-10-16-6-2-3-7-18(16)12-17)25-22(27)23(28)26-20-13-19-8-4-5-9-21(19)24-14-20/h2-15H,1H3,(H,25,27)(H,26,28)/t15-/m1/s1. The molecule has 0 aliphatic carbocycles. The van der Waals surface area contributed by atoms with Crippen molar-refractivity contribution in [3.05, 3.63) is 84.6 Å². The summed E-state index contributed by atoms with van der Waals surface area (Å²) >= 11 is 0. The Hall–Kier alpha value is -3.73. The number of nitrogens with one attached hydrogen (secondary N) is 2. The highest BCUT2D eigenvalue weighted by Gasteiger charge is 2.17. The van der Waals surface area contributed by atoms with Gasteiger partial charge in [0.2, 0.25) is 0 Å². The summed E-state index contributed by atoms with van der Waals surface area (Å²) in [7, 11) is 0. The molecule has 1 atom stereocenters. The summed E-state index contributed by atoms with van der Waals surface area (Å²) in [5, 5.41) is 8.47. The predicted octanol–water partition coefficient (Wildman–Crippen LogP) is 4.20. The Kier molecular flexibility index (Phi) is 4.72. The van der Waals surface area contributed by atoms with Crippen LogP contribution in [0, 0.1) is 0 Å². The van der Waals surface area contributed by atoms with Crippen LogP contribution in [0.15, 0.2) is 79.0 Å². The van der Waals surface area contributed by atoms with Gasteiger partial charge < -0.3 is 10.6 Å². The van der Waals surface area contributed by atoms with Crippen LogP contribution < -0.4 is 10.6 Å². The van der Waals surface area contributed by atoms with E-state index in [1.807, 2.05) is 73.7 Å². The van der Waals surface area contributed by atoms with Gasteiger partial charge in [-0.15, -0.1) is 0 Å². The number of benzene rings is 3. The smallest absolute Gasteiger partial charge is 0.313 e. The molecule has 3 aromatic carbocycles. The Balaban J connectivity index is 1.44. The molecule has 0 unspecified atom stereocenters. The number of hydrogen-bond acceptors (Lipinski definition) is 3. The average molecular weight is 369 g/mol. The molecule has 1 heterocycles. The summed E-state index contributed by atoms with van der Waals surface area (Å²) in [5.74, 6) is -1.40. The summed E-state index contributed by atoms with van der Waals surface area (Å²) in [4.78, 5) is 28.9. The third kappa shape index (κ3) is 3.69. The molecule has 28 heavy (non-hydrogen) atoms. The van der Waals surface area contributed by atoms with Crippen LogP contribution in [0.3, 0.4) is 0 Å². The number of rotatable bonds is 3. The monoisotopic (exact) mass is 369 g/mol. The molecule has 0 aliphatic heterocycles. The van der Waals surface area contributed by atoms with Crippen molar-refractivity contribution in [3.63, 3.8) is 0 Å². The van der Waals surface area contributed by atoms with E-state index in [1.165, 1.54) is 0 Å². The lowest BCUT2D eigenvalue weighted by Gasteiger charge is -2.15. The zero-order valence-corrected chi connectivity index (χ0v) is 15.3. The van der Waals surface area contributed by atoms with Crippen LogP contribution >= 0.6 is 0 Å². The Bertz CT molecular complexity index is 1190. The molecule has 2 amide bonds. The van der Waals surface area contributed by atoms with Gasteiger partial charge in [-0.3, -0.25) is 14.6 Å². The molecular formula is C23H19N3O2. The van der Waals surface area contributed by atoms with Crippen LogP contribution in [0.1, 0.15) is 18.5 Å². The van der Waals surface area contributed by atoms with Crippen molar-refractivity contribution < 1.29 is 9.59 Å². The molecule has 5 heteroatoms. The van der Waals surface area contributed by atoms with Crippen molar-refractivity contribution in [2.75, 3.05) is 5.32 Å². The first kappa shape index (κ1) is 17.7. The second-order valence-corrected chi connectivity index (χ2v) is 6.67. The molecular weight excluding hydrogens is 350 g/mol. The second-order valence-electron chi connectivity index (χ2n) is 6.67. The summed E-state index contributed by atoms with van der Waals surface area (Å²) in [6, 6.07) is 23.1. The molecule has 0 saturated heterocycles. The Morgan fingerprint density at radius 2 is 1.54 bits per heavy atom. The van der Waals surface area contributed by atoms with Crippen molar-refractivity contribution in [1.29, 1.82) is 0 Å². The van der Waals surface area contributed by atoms with Crippen LogP contribution in [0.4, 0.5) is 5.69 Å². The van der Waals surface area contributed by atoms with Gasteiger partial charge >= 0.3 is 11.8 Å². The first-order valence-electron chi connectivity index (χ1n) is 9.05. The highest BCUT2D eigenvalue weighted by molar-refractivity contribution is 6.39. The maximum absolute atomic E-state index is 12.3. The summed E-state index contributed by atoms with van der Waals surface area (Å²) in [6.45, 7) is 1.85. The number of anilines is 1. The lowest BCUT2D eigenvalue weighted by atomic mass is 10.0. The van der Waals surface area contributed by atoms with Gasteiger partial charge in [0.05, 0.1) is 23.4 Å². The first-order valence-corrected chi connectivity index (χ1v) is 9.05. The number of amides is 2. The van der Waals surface area contributed by atoms with E-state index in [9.17, 15) is 9.59 Å². The number of pyridine rings is 1. The minimum atomic E-state index is -0.718. The van der Waals surface area contributed by atoms with Crippen LogP contribution in [-0.4, -0.2) is 16.8 Å². The lowest BCUT2D eigenvalue weighted by molar-refractivity contribution is -0.136. The molecule has 0 spiro atoms. The van der Waals surface area contributed by atoms with Gasteiger partial charge in [-0.1, -0.05) is 54.6 Å². The van der Waals surface area contributed by atoms with E-state index >= 15 is 0 Å². The number of para-hydroxylation sites is 1. The van der Waals surface area contributed by atoms with Gasteiger partial charge in [0.15, 0.2) is 0 Å². The van der Waals surface area contributed by atoms with Gasteiger partial charge in [-0.2, -0.15) is 0 Å². The molecule has 1 aromatic heterocycles. The fraction of sp³-hybridized carbons (Fsp3) is 0.0870. The van der Waals surface area contributed by atoms with E-state index in [4.69, 9.17) is 0 Å². The Morgan fingerprint density at radius 1 is 0.821 bits per heavy atom. The molecule has 5 nitrogen and oxygen atoms in total. The fourth-order valence-corrected chi connectivity index (χ4v) is 3.15. The molecule has 0 saturated carbocycles. The number of carbonyl (C=O) groups is 2. The van der Waals surface area contributed by atoms with E-state index in [2.05, 4.69) is 15.6 Å².